The van der Waals surface area contributed by atoms with Crippen molar-refractivity contribution < 1.29 is 19.4 Å². The first-order valence-corrected chi connectivity index (χ1v) is 5.65. The lowest BCUT2D eigenvalue weighted by Gasteiger charge is -2.09. The molecule has 0 spiro atoms. The predicted molar refractivity (Wildman–Crippen MR) is 71.9 cm³/mol. The molecule has 0 fully saturated rings. The number of carbonyl (C=O) groups is 1. The van der Waals surface area contributed by atoms with Gasteiger partial charge in [0.25, 0.3) is 0 Å². The van der Waals surface area contributed by atoms with E-state index in [1.165, 1.54) is 20.4 Å². The Morgan fingerprint density at radius 1 is 1.25 bits per heavy atom. The zero-order valence-electron chi connectivity index (χ0n) is 11.0. The molecular formula is C13H13N3O4. The Balaban J connectivity index is 2.46. The Bertz CT molecular complexity index is 658. The van der Waals surface area contributed by atoms with Gasteiger partial charge in [-0.1, -0.05) is 0 Å². The maximum Gasteiger partial charge on any atom is 0.341 e. The summed E-state index contributed by atoms with van der Waals surface area (Å²) >= 11 is 0. The quantitative estimate of drug-likeness (QED) is 0.869. The highest BCUT2D eigenvalue weighted by atomic mass is 16.5. The van der Waals surface area contributed by atoms with Gasteiger partial charge in [0, 0.05) is 11.8 Å². The van der Waals surface area contributed by atoms with Crippen molar-refractivity contribution in [1.82, 2.24) is 9.97 Å². The van der Waals surface area contributed by atoms with Gasteiger partial charge in [-0.3, -0.25) is 0 Å². The molecule has 3 N–H and O–H groups in total. The molecule has 1 heterocycles. The van der Waals surface area contributed by atoms with Crippen molar-refractivity contribution in [1.29, 1.82) is 0 Å². The largest absolute Gasteiger partial charge is 0.493 e. The summed E-state index contributed by atoms with van der Waals surface area (Å²) < 4.78 is 10.3. The van der Waals surface area contributed by atoms with Crippen molar-refractivity contribution in [3.63, 3.8) is 0 Å². The molecule has 7 nitrogen and oxygen atoms in total. The molecular weight excluding hydrogens is 262 g/mol. The third-order valence-corrected chi connectivity index (χ3v) is 2.69. The van der Waals surface area contributed by atoms with E-state index in [1.807, 2.05) is 0 Å². The Hall–Kier alpha value is -2.83. The number of nitrogens with zero attached hydrogens (tertiary/aromatic N) is 2. The topological polar surface area (TPSA) is 108 Å². The van der Waals surface area contributed by atoms with Gasteiger partial charge in [-0.05, 0) is 18.2 Å². The summed E-state index contributed by atoms with van der Waals surface area (Å²) in [5, 5.41) is 8.88. The maximum absolute atomic E-state index is 10.9. The lowest BCUT2D eigenvalue weighted by molar-refractivity contribution is 0.0697. The van der Waals surface area contributed by atoms with Crippen LogP contribution in [-0.4, -0.2) is 35.3 Å². The summed E-state index contributed by atoms with van der Waals surface area (Å²) in [7, 11) is 3.05. The number of hydrogen-bond donors (Lipinski definition) is 2. The average Bonchev–Trinajstić information content (AvgIpc) is 2.45. The fourth-order valence-electron chi connectivity index (χ4n) is 1.67. The van der Waals surface area contributed by atoms with E-state index in [2.05, 4.69) is 9.97 Å². The van der Waals surface area contributed by atoms with Gasteiger partial charge in [0.05, 0.1) is 14.2 Å². The summed E-state index contributed by atoms with van der Waals surface area (Å²) in [5.74, 6) is 0.160. The van der Waals surface area contributed by atoms with Crippen molar-refractivity contribution in [2.45, 2.75) is 0 Å². The summed E-state index contributed by atoms with van der Waals surface area (Å²) in [6.07, 6.45) is 1.18. The number of benzene rings is 1. The minimum atomic E-state index is -1.17. The first kappa shape index (κ1) is 13.6. The van der Waals surface area contributed by atoms with E-state index in [9.17, 15) is 4.79 Å². The first-order chi connectivity index (χ1) is 9.56. The number of methoxy groups -OCH3 is 2. The fraction of sp³-hybridized carbons (Fsp3) is 0.154. The van der Waals surface area contributed by atoms with E-state index < -0.39 is 5.97 Å². The highest BCUT2D eigenvalue weighted by Crippen LogP contribution is 2.31. The lowest BCUT2D eigenvalue weighted by Crippen LogP contribution is -2.06. The second-order valence-electron chi connectivity index (χ2n) is 3.87. The number of hydrogen-bond acceptors (Lipinski definition) is 6. The molecule has 0 bridgehead atoms. The first-order valence-electron chi connectivity index (χ1n) is 5.65. The second-order valence-corrected chi connectivity index (χ2v) is 3.87. The molecule has 0 aliphatic rings. The van der Waals surface area contributed by atoms with Gasteiger partial charge in [-0.25, -0.2) is 14.8 Å². The molecule has 1 aromatic carbocycles. The van der Waals surface area contributed by atoms with Crippen molar-refractivity contribution in [3.05, 3.63) is 30.0 Å². The van der Waals surface area contributed by atoms with Crippen LogP contribution in [0, 0.1) is 0 Å². The Kier molecular flexibility index (Phi) is 3.69. The van der Waals surface area contributed by atoms with Crippen molar-refractivity contribution in [2.24, 2.45) is 0 Å². The molecule has 0 atom stereocenters. The predicted octanol–water partition coefficient (Wildman–Crippen LogP) is 1.44. The molecule has 7 heteroatoms. The van der Waals surface area contributed by atoms with Crippen LogP contribution >= 0.6 is 0 Å². The van der Waals surface area contributed by atoms with E-state index in [0.717, 1.165) is 0 Å². The number of carboxylic acids is 1. The molecule has 0 saturated heterocycles. The smallest absolute Gasteiger partial charge is 0.341 e. The molecule has 2 rings (SSSR count). The van der Waals surface area contributed by atoms with Gasteiger partial charge in [0.15, 0.2) is 17.3 Å². The average molecular weight is 275 g/mol. The molecule has 2 aromatic rings. The van der Waals surface area contributed by atoms with E-state index in [-0.39, 0.29) is 11.4 Å². The van der Waals surface area contributed by atoms with Crippen molar-refractivity contribution >= 4 is 11.8 Å². The zero-order chi connectivity index (χ0) is 14.7. The third-order valence-electron chi connectivity index (χ3n) is 2.69. The number of aromatic nitrogens is 2. The van der Waals surface area contributed by atoms with Gasteiger partial charge in [0.2, 0.25) is 0 Å². The normalized spacial score (nSPS) is 10.1. The van der Waals surface area contributed by atoms with Crippen LogP contribution in [0.15, 0.2) is 24.4 Å². The number of rotatable bonds is 4. The monoisotopic (exact) mass is 275 g/mol. The molecule has 104 valence electrons. The molecule has 0 aliphatic heterocycles. The molecule has 0 saturated carbocycles. The summed E-state index contributed by atoms with van der Waals surface area (Å²) in [5.41, 5.74) is 6.11. The minimum Gasteiger partial charge on any atom is -0.493 e. The maximum atomic E-state index is 10.9. The van der Waals surface area contributed by atoms with Crippen LogP contribution in [0.3, 0.4) is 0 Å². The Labute approximate surface area is 115 Å². The molecule has 0 amide bonds. The van der Waals surface area contributed by atoms with Crippen LogP contribution in [0.25, 0.3) is 11.4 Å². The third kappa shape index (κ3) is 2.46. The van der Waals surface area contributed by atoms with E-state index >= 15 is 0 Å². The molecule has 20 heavy (non-hydrogen) atoms. The standard InChI is InChI=1S/C13H13N3O4/c1-19-9-4-3-7(5-10(9)20-2)12-15-6-8(13(17)18)11(14)16-12/h3-6H,1-2H3,(H,17,18)(H2,14,15,16). The lowest BCUT2D eigenvalue weighted by atomic mass is 10.2. The van der Waals surface area contributed by atoms with Gasteiger partial charge in [-0.2, -0.15) is 0 Å². The Morgan fingerprint density at radius 3 is 2.50 bits per heavy atom. The number of aromatic carboxylic acids is 1. The second kappa shape index (κ2) is 5.43. The van der Waals surface area contributed by atoms with Crippen LogP contribution in [-0.2, 0) is 0 Å². The van der Waals surface area contributed by atoms with Crippen LogP contribution in [0.2, 0.25) is 0 Å². The van der Waals surface area contributed by atoms with Crippen molar-refractivity contribution in [3.8, 4) is 22.9 Å². The van der Waals surface area contributed by atoms with Crippen LogP contribution < -0.4 is 15.2 Å². The molecule has 0 aliphatic carbocycles. The molecule has 0 unspecified atom stereocenters. The van der Waals surface area contributed by atoms with Crippen LogP contribution in [0.5, 0.6) is 11.5 Å². The summed E-state index contributed by atoms with van der Waals surface area (Å²) in [4.78, 5) is 18.8. The molecule has 0 radical (unpaired) electrons. The zero-order valence-corrected chi connectivity index (χ0v) is 11.0. The molecule has 1 aromatic heterocycles. The van der Waals surface area contributed by atoms with Gasteiger partial charge in [-0.15, -0.1) is 0 Å². The van der Waals surface area contributed by atoms with Crippen LogP contribution in [0.4, 0.5) is 5.82 Å². The highest BCUT2D eigenvalue weighted by molar-refractivity contribution is 5.92. The highest BCUT2D eigenvalue weighted by Gasteiger charge is 2.13. The van der Waals surface area contributed by atoms with Gasteiger partial charge in [0.1, 0.15) is 11.4 Å². The summed E-state index contributed by atoms with van der Waals surface area (Å²) in [6.45, 7) is 0. The fourth-order valence-corrected chi connectivity index (χ4v) is 1.67. The van der Waals surface area contributed by atoms with E-state index in [1.54, 1.807) is 18.2 Å². The SMILES string of the molecule is COc1ccc(-c2ncc(C(=O)O)c(N)n2)cc1OC. The van der Waals surface area contributed by atoms with E-state index in [4.69, 9.17) is 20.3 Å². The number of anilines is 1. The number of ether oxygens (including phenoxy) is 2. The summed E-state index contributed by atoms with van der Waals surface area (Å²) in [6, 6.07) is 5.13. The van der Waals surface area contributed by atoms with E-state index in [0.29, 0.717) is 22.9 Å². The Morgan fingerprint density at radius 2 is 1.95 bits per heavy atom. The van der Waals surface area contributed by atoms with Gasteiger partial charge < -0.3 is 20.3 Å². The minimum absolute atomic E-state index is 0.0858. The van der Waals surface area contributed by atoms with Crippen LogP contribution in [0.1, 0.15) is 10.4 Å². The van der Waals surface area contributed by atoms with Crippen molar-refractivity contribution in [2.75, 3.05) is 20.0 Å². The van der Waals surface area contributed by atoms with Gasteiger partial charge >= 0.3 is 5.97 Å². The number of nitrogen functional groups attached to an aromatic ring is 1. The number of nitrogens with two attached hydrogens (primary N) is 1. The number of carboxylic acid groups (broad SMARTS) is 1.